The van der Waals surface area contributed by atoms with E-state index in [2.05, 4.69) is 28.4 Å². The summed E-state index contributed by atoms with van der Waals surface area (Å²) in [6, 6.07) is 7.06. The summed E-state index contributed by atoms with van der Waals surface area (Å²) in [6.07, 6.45) is 7.33. The van der Waals surface area contributed by atoms with Gasteiger partial charge in [-0.2, -0.15) is 14.8 Å². The van der Waals surface area contributed by atoms with Crippen LogP contribution in [0.15, 0.2) is 36.8 Å². The Balaban J connectivity index is 1.45. The quantitative estimate of drug-likeness (QED) is 0.527. The number of aromatic nitrogens is 3. The number of primary amides is 1. The molecule has 3 aromatic heterocycles. The molecule has 0 aromatic carbocycles. The highest BCUT2D eigenvalue weighted by Gasteiger charge is 2.53. The number of anilines is 1. The number of nitrogens with one attached hydrogen (secondary N) is 1. The second-order valence-electron chi connectivity index (χ2n) is 9.38. The zero-order valence-corrected chi connectivity index (χ0v) is 19.4. The van der Waals surface area contributed by atoms with Crippen LogP contribution < -0.4 is 11.1 Å². The summed E-state index contributed by atoms with van der Waals surface area (Å²) in [6.45, 7) is 3.15. The fourth-order valence-electron chi connectivity index (χ4n) is 4.94. The summed E-state index contributed by atoms with van der Waals surface area (Å²) in [5.74, 6) is -1.13. The summed E-state index contributed by atoms with van der Waals surface area (Å²) < 4.78 is 15.3. The number of carbonyl (C=O) groups is 2. The highest BCUT2D eigenvalue weighted by Crippen LogP contribution is 2.47. The first-order valence-corrected chi connectivity index (χ1v) is 11.8. The van der Waals surface area contributed by atoms with E-state index in [1.807, 2.05) is 11.0 Å². The molecule has 5 rings (SSSR count). The van der Waals surface area contributed by atoms with Gasteiger partial charge in [0.15, 0.2) is 0 Å². The third-order valence-electron chi connectivity index (χ3n) is 7.21. The van der Waals surface area contributed by atoms with Gasteiger partial charge in [0, 0.05) is 43.2 Å². The molecule has 180 valence electrons. The van der Waals surface area contributed by atoms with E-state index in [0.717, 1.165) is 12.0 Å². The molecule has 4 heterocycles. The average Bonchev–Trinajstić information content (AvgIpc) is 3.54. The lowest BCUT2D eigenvalue weighted by Crippen LogP contribution is -2.50. The Labute approximate surface area is 201 Å². The number of rotatable bonds is 6. The number of likely N-dealkylation sites (tertiary alicyclic amines) is 1. The van der Waals surface area contributed by atoms with Gasteiger partial charge in [-0.25, -0.2) is 9.50 Å². The number of fused-ring (bicyclic) bond motifs is 1. The van der Waals surface area contributed by atoms with Crippen LogP contribution in [0.25, 0.3) is 16.6 Å². The van der Waals surface area contributed by atoms with Gasteiger partial charge in [0.2, 0.25) is 11.9 Å². The number of hydrogen-bond donors (Lipinski definition) is 2. The summed E-state index contributed by atoms with van der Waals surface area (Å²) in [5, 5.41) is 17.3. The molecule has 1 aliphatic carbocycles. The Hall–Kier alpha value is -4.00. The molecule has 1 saturated heterocycles. The van der Waals surface area contributed by atoms with Crippen molar-refractivity contribution in [1.82, 2.24) is 19.5 Å². The molecule has 2 amide bonds. The van der Waals surface area contributed by atoms with Crippen LogP contribution in [0.3, 0.4) is 0 Å². The maximum absolute atomic E-state index is 13.7. The van der Waals surface area contributed by atoms with Crippen LogP contribution >= 0.6 is 0 Å². The van der Waals surface area contributed by atoms with Gasteiger partial charge in [-0.15, -0.1) is 0 Å². The molecule has 0 spiro atoms. The van der Waals surface area contributed by atoms with Gasteiger partial charge >= 0.3 is 0 Å². The first-order valence-electron chi connectivity index (χ1n) is 11.8. The van der Waals surface area contributed by atoms with Crippen molar-refractivity contribution >= 4 is 23.0 Å². The number of nitrogens with two attached hydrogens (primary N) is 1. The number of amides is 2. The first-order chi connectivity index (χ1) is 16.8. The van der Waals surface area contributed by atoms with Gasteiger partial charge in [-0.05, 0) is 49.3 Å². The smallest absolute Gasteiger partial charge is 0.252 e. The third kappa shape index (κ3) is 4.07. The Kier molecular flexibility index (Phi) is 5.63. The Morgan fingerprint density at radius 2 is 2.14 bits per heavy atom. The third-order valence-corrected chi connectivity index (χ3v) is 7.21. The van der Waals surface area contributed by atoms with Crippen LogP contribution in [0.4, 0.5) is 10.1 Å². The topological polar surface area (TPSA) is 129 Å². The number of hydrogen-bond acceptors (Lipinski definition) is 6. The van der Waals surface area contributed by atoms with E-state index in [1.165, 1.54) is 18.5 Å². The van der Waals surface area contributed by atoms with Crippen LogP contribution in [0.5, 0.6) is 0 Å². The first kappa shape index (κ1) is 22.8. The van der Waals surface area contributed by atoms with Crippen molar-refractivity contribution in [3.63, 3.8) is 0 Å². The molecule has 35 heavy (non-hydrogen) atoms. The van der Waals surface area contributed by atoms with Crippen molar-refractivity contribution in [3.05, 3.63) is 48.3 Å². The molecule has 3 aromatic rings. The van der Waals surface area contributed by atoms with Crippen LogP contribution in [0, 0.1) is 28.6 Å². The van der Waals surface area contributed by atoms with E-state index < -0.39 is 17.3 Å². The van der Waals surface area contributed by atoms with Crippen LogP contribution in [0.2, 0.25) is 0 Å². The van der Waals surface area contributed by atoms with Gasteiger partial charge in [-0.3, -0.25) is 9.59 Å². The number of piperidine rings is 1. The van der Waals surface area contributed by atoms with E-state index in [9.17, 15) is 19.2 Å². The van der Waals surface area contributed by atoms with Crippen molar-refractivity contribution in [3.8, 4) is 17.2 Å². The monoisotopic (exact) mass is 475 g/mol. The Bertz CT molecular complexity index is 1360. The van der Waals surface area contributed by atoms with Gasteiger partial charge in [0.1, 0.15) is 5.41 Å². The zero-order chi connectivity index (χ0) is 24.7. The number of nitriles is 1. The number of halogens is 1. The highest BCUT2D eigenvalue weighted by atomic mass is 19.1. The fraction of sp³-hybridized carbons (Fsp3) is 0.400. The lowest BCUT2D eigenvalue weighted by Gasteiger charge is -2.40. The molecule has 3 N–H and O–H groups in total. The molecular weight excluding hydrogens is 449 g/mol. The van der Waals surface area contributed by atoms with E-state index >= 15 is 0 Å². The molecule has 1 saturated carbocycles. The van der Waals surface area contributed by atoms with E-state index in [-0.39, 0.29) is 23.4 Å². The maximum Gasteiger partial charge on any atom is 0.252 e. The molecule has 2 fully saturated rings. The summed E-state index contributed by atoms with van der Waals surface area (Å²) in [5.41, 5.74) is 7.68. The standard InChI is InChI=1S/C25H26FN7O2/c1-2-15-12-32(24(35)25(14-27)5-6-25)8-4-19(15)31-22-18(23(28)34)11-30-33-13-17(9-20(22)33)16-3-7-29-21(26)10-16/h3,7,9-11,13,15,19,31H,2,4-6,8,12H2,1H3,(H2,28,34)/t15-,19+/m0/s1. The van der Waals surface area contributed by atoms with Crippen LogP contribution in [-0.2, 0) is 4.79 Å². The maximum atomic E-state index is 13.7. The molecule has 2 atom stereocenters. The summed E-state index contributed by atoms with van der Waals surface area (Å²) >= 11 is 0. The van der Waals surface area contributed by atoms with Crippen molar-refractivity contribution in [2.75, 3.05) is 18.4 Å². The molecular formula is C25H26FN7O2. The SMILES string of the molecule is CC[C@H]1CN(C(=O)C2(C#N)CC2)CC[C@H]1Nc1c(C(N)=O)cnn2cc(-c3ccnc(F)c3)cc12. The number of carbonyl (C=O) groups excluding carboxylic acids is 2. The summed E-state index contributed by atoms with van der Waals surface area (Å²) in [4.78, 5) is 30.6. The average molecular weight is 476 g/mol. The predicted octanol–water partition coefficient (Wildman–Crippen LogP) is 2.98. The predicted molar refractivity (Wildman–Crippen MR) is 127 cm³/mol. The molecule has 2 aliphatic rings. The van der Waals surface area contributed by atoms with E-state index in [4.69, 9.17) is 5.73 Å². The molecule has 1 aliphatic heterocycles. The lowest BCUT2D eigenvalue weighted by molar-refractivity contribution is -0.137. The number of pyridine rings is 1. The van der Waals surface area contributed by atoms with Crippen molar-refractivity contribution in [2.45, 2.75) is 38.6 Å². The van der Waals surface area contributed by atoms with Crippen molar-refractivity contribution < 1.29 is 14.0 Å². The lowest BCUT2D eigenvalue weighted by atomic mass is 9.88. The van der Waals surface area contributed by atoms with Gasteiger partial charge in [-0.1, -0.05) is 6.92 Å². The largest absolute Gasteiger partial charge is 0.379 e. The molecule has 0 bridgehead atoms. The van der Waals surface area contributed by atoms with Crippen molar-refractivity contribution in [1.29, 1.82) is 5.26 Å². The minimum absolute atomic E-state index is 0.0118. The van der Waals surface area contributed by atoms with E-state index in [1.54, 1.807) is 16.8 Å². The minimum atomic E-state index is -0.830. The Morgan fingerprint density at radius 1 is 1.34 bits per heavy atom. The normalized spacial score (nSPS) is 20.9. The minimum Gasteiger partial charge on any atom is -0.379 e. The van der Waals surface area contributed by atoms with Crippen molar-refractivity contribution in [2.24, 2.45) is 17.1 Å². The fourth-order valence-corrected chi connectivity index (χ4v) is 4.94. The summed E-state index contributed by atoms with van der Waals surface area (Å²) in [7, 11) is 0. The van der Waals surface area contributed by atoms with Crippen LogP contribution in [-0.4, -0.2) is 50.4 Å². The Morgan fingerprint density at radius 3 is 2.80 bits per heavy atom. The second kappa shape index (κ2) is 8.65. The molecule has 10 heteroatoms. The number of nitrogens with zero attached hydrogens (tertiary/aromatic N) is 5. The zero-order valence-electron chi connectivity index (χ0n) is 19.4. The molecule has 0 unspecified atom stereocenters. The molecule has 9 nitrogen and oxygen atoms in total. The second-order valence-corrected chi connectivity index (χ2v) is 9.38. The van der Waals surface area contributed by atoms with E-state index in [0.29, 0.717) is 49.1 Å². The van der Waals surface area contributed by atoms with Crippen LogP contribution in [0.1, 0.15) is 43.0 Å². The van der Waals surface area contributed by atoms with Gasteiger partial charge in [0.05, 0.1) is 29.0 Å². The van der Waals surface area contributed by atoms with Gasteiger partial charge < -0.3 is 16.0 Å². The highest BCUT2D eigenvalue weighted by molar-refractivity contribution is 6.02. The molecule has 0 radical (unpaired) electrons. The van der Waals surface area contributed by atoms with Gasteiger partial charge in [0.25, 0.3) is 5.91 Å².